The van der Waals surface area contributed by atoms with Crippen molar-refractivity contribution >= 4 is 0 Å². The summed E-state index contributed by atoms with van der Waals surface area (Å²) in [5.41, 5.74) is 5.83. The topological polar surface area (TPSA) is 56.5 Å². The summed E-state index contributed by atoms with van der Waals surface area (Å²) in [6.07, 6.45) is 5.47. The molecule has 4 nitrogen and oxygen atoms in total. The molecule has 3 unspecified atom stereocenters. The van der Waals surface area contributed by atoms with E-state index in [9.17, 15) is 0 Å². The van der Waals surface area contributed by atoms with Gasteiger partial charge in [-0.25, -0.2) is 0 Å². The largest absolute Gasteiger partial charge is 0.382 e. The van der Waals surface area contributed by atoms with Crippen LogP contribution in [0.4, 0.5) is 0 Å². The smallest absolute Gasteiger partial charge is 0.0928 e. The Bertz CT molecular complexity index is 190. The molecule has 3 atom stereocenters. The Morgan fingerprint density at radius 3 is 2.53 bits per heavy atom. The lowest BCUT2D eigenvalue weighted by Crippen LogP contribution is -2.38. The molecule has 1 fully saturated rings. The fourth-order valence-electron chi connectivity index (χ4n) is 2.69. The highest BCUT2D eigenvalue weighted by molar-refractivity contribution is 4.78. The Hall–Kier alpha value is -0.160. The van der Waals surface area contributed by atoms with Crippen molar-refractivity contribution in [3.8, 4) is 0 Å². The molecular formula is C13H28N2O2. The summed E-state index contributed by atoms with van der Waals surface area (Å²) in [7, 11) is 3.44. The van der Waals surface area contributed by atoms with Crippen LogP contribution in [0.1, 0.15) is 25.7 Å². The van der Waals surface area contributed by atoms with Crippen LogP contribution in [0.5, 0.6) is 0 Å². The number of hydrogen-bond donors (Lipinski definition) is 2. The molecule has 0 spiro atoms. The van der Waals surface area contributed by atoms with E-state index in [1.807, 2.05) is 0 Å². The maximum absolute atomic E-state index is 5.83. The van der Waals surface area contributed by atoms with Crippen LogP contribution in [-0.2, 0) is 9.47 Å². The molecule has 0 heterocycles. The molecule has 102 valence electrons. The molecular weight excluding hydrogens is 216 g/mol. The van der Waals surface area contributed by atoms with Gasteiger partial charge < -0.3 is 20.5 Å². The van der Waals surface area contributed by atoms with Crippen LogP contribution in [0.25, 0.3) is 0 Å². The summed E-state index contributed by atoms with van der Waals surface area (Å²) in [5.74, 6) is 1.45. The molecule has 3 N–H and O–H groups in total. The number of hydrogen-bond acceptors (Lipinski definition) is 4. The summed E-state index contributed by atoms with van der Waals surface area (Å²) in [6, 6.07) is 0. The number of methoxy groups -OCH3 is 2. The third kappa shape index (κ3) is 5.34. The summed E-state index contributed by atoms with van der Waals surface area (Å²) < 4.78 is 10.4. The van der Waals surface area contributed by atoms with Crippen LogP contribution in [0.2, 0.25) is 0 Å². The maximum atomic E-state index is 5.83. The van der Waals surface area contributed by atoms with Gasteiger partial charge >= 0.3 is 0 Å². The molecule has 1 saturated carbocycles. The van der Waals surface area contributed by atoms with Crippen molar-refractivity contribution in [3.05, 3.63) is 0 Å². The van der Waals surface area contributed by atoms with Gasteiger partial charge in [-0.15, -0.1) is 0 Å². The maximum Gasteiger partial charge on any atom is 0.0928 e. The zero-order chi connectivity index (χ0) is 12.5. The Morgan fingerprint density at radius 1 is 1.24 bits per heavy atom. The van der Waals surface area contributed by atoms with Crippen LogP contribution >= 0.6 is 0 Å². The lowest BCUT2D eigenvalue weighted by Gasteiger charge is -2.31. The zero-order valence-corrected chi connectivity index (χ0v) is 11.3. The van der Waals surface area contributed by atoms with E-state index in [1.165, 1.54) is 25.7 Å². The van der Waals surface area contributed by atoms with Gasteiger partial charge in [0.1, 0.15) is 0 Å². The van der Waals surface area contributed by atoms with E-state index in [0.717, 1.165) is 25.6 Å². The van der Waals surface area contributed by atoms with Crippen molar-refractivity contribution in [1.29, 1.82) is 0 Å². The second kappa shape index (κ2) is 8.86. The number of ether oxygens (including phenoxy) is 2. The average molecular weight is 244 g/mol. The van der Waals surface area contributed by atoms with Gasteiger partial charge in [-0.3, -0.25) is 0 Å². The Morgan fingerprint density at radius 2 is 1.94 bits per heavy atom. The first-order valence-electron chi connectivity index (χ1n) is 6.74. The van der Waals surface area contributed by atoms with E-state index in [-0.39, 0.29) is 6.10 Å². The highest BCUT2D eigenvalue weighted by Crippen LogP contribution is 2.28. The number of nitrogens with one attached hydrogen (secondary N) is 1. The Balaban J connectivity index is 2.19. The second-order valence-electron chi connectivity index (χ2n) is 5.01. The molecule has 4 heteroatoms. The van der Waals surface area contributed by atoms with Gasteiger partial charge in [-0.2, -0.15) is 0 Å². The third-order valence-electron chi connectivity index (χ3n) is 3.83. The molecule has 0 radical (unpaired) electrons. The number of nitrogens with two attached hydrogens (primary N) is 1. The summed E-state index contributed by atoms with van der Waals surface area (Å²) >= 11 is 0. The zero-order valence-electron chi connectivity index (χ0n) is 11.3. The van der Waals surface area contributed by atoms with Crippen LogP contribution in [-0.4, -0.2) is 46.6 Å². The van der Waals surface area contributed by atoms with Crippen LogP contribution in [0.15, 0.2) is 0 Å². The number of rotatable bonds is 8. The van der Waals surface area contributed by atoms with Gasteiger partial charge in [0.05, 0.1) is 12.7 Å². The van der Waals surface area contributed by atoms with Crippen molar-refractivity contribution in [3.63, 3.8) is 0 Å². The van der Waals surface area contributed by atoms with Gasteiger partial charge in [0, 0.05) is 20.8 Å². The monoisotopic (exact) mass is 244 g/mol. The first kappa shape index (κ1) is 14.9. The Labute approximate surface area is 105 Å². The molecule has 0 amide bonds. The second-order valence-corrected chi connectivity index (χ2v) is 5.01. The quantitative estimate of drug-likeness (QED) is 0.669. The SMILES string of the molecule is COCC(CNCC1CCCCC1CN)OC. The van der Waals surface area contributed by atoms with Gasteiger partial charge in [-0.1, -0.05) is 12.8 Å². The highest BCUT2D eigenvalue weighted by Gasteiger charge is 2.23. The minimum absolute atomic E-state index is 0.153. The van der Waals surface area contributed by atoms with Crippen LogP contribution in [0, 0.1) is 11.8 Å². The van der Waals surface area contributed by atoms with Crippen LogP contribution in [0.3, 0.4) is 0 Å². The van der Waals surface area contributed by atoms with Gasteiger partial charge in [0.15, 0.2) is 0 Å². The normalized spacial score (nSPS) is 27.0. The van der Waals surface area contributed by atoms with E-state index in [4.69, 9.17) is 15.2 Å². The molecule has 0 bridgehead atoms. The van der Waals surface area contributed by atoms with E-state index < -0.39 is 0 Å². The van der Waals surface area contributed by atoms with Crippen molar-refractivity contribution in [1.82, 2.24) is 5.32 Å². The standard InChI is InChI=1S/C13H28N2O2/c1-16-10-13(17-2)9-15-8-12-6-4-3-5-11(12)7-14/h11-13,15H,3-10,14H2,1-2H3. The molecule has 0 aromatic heterocycles. The fraction of sp³-hybridized carbons (Fsp3) is 1.00. The van der Waals surface area contributed by atoms with Crippen molar-refractivity contribution < 1.29 is 9.47 Å². The minimum Gasteiger partial charge on any atom is -0.382 e. The van der Waals surface area contributed by atoms with Crippen LogP contribution < -0.4 is 11.1 Å². The van der Waals surface area contributed by atoms with Crippen molar-refractivity contribution in [2.24, 2.45) is 17.6 Å². The molecule has 0 aliphatic heterocycles. The predicted molar refractivity (Wildman–Crippen MR) is 70.0 cm³/mol. The lowest BCUT2D eigenvalue weighted by atomic mass is 9.79. The predicted octanol–water partition coefficient (Wildman–Crippen LogP) is 1.00. The first-order valence-corrected chi connectivity index (χ1v) is 6.74. The van der Waals surface area contributed by atoms with E-state index in [0.29, 0.717) is 12.5 Å². The summed E-state index contributed by atoms with van der Waals surface area (Å²) in [5, 5.41) is 3.49. The molecule has 0 saturated heterocycles. The fourth-order valence-corrected chi connectivity index (χ4v) is 2.69. The molecule has 0 aromatic carbocycles. The third-order valence-corrected chi connectivity index (χ3v) is 3.83. The van der Waals surface area contributed by atoms with Crippen molar-refractivity contribution in [2.45, 2.75) is 31.8 Å². The lowest BCUT2D eigenvalue weighted by molar-refractivity contribution is 0.0278. The van der Waals surface area contributed by atoms with E-state index in [1.54, 1.807) is 14.2 Å². The van der Waals surface area contributed by atoms with Gasteiger partial charge in [0.2, 0.25) is 0 Å². The first-order chi connectivity index (χ1) is 8.31. The minimum atomic E-state index is 0.153. The summed E-state index contributed by atoms with van der Waals surface area (Å²) in [4.78, 5) is 0. The Kier molecular flexibility index (Phi) is 7.77. The molecule has 1 aliphatic rings. The molecule has 0 aromatic rings. The van der Waals surface area contributed by atoms with Gasteiger partial charge in [-0.05, 0) is 37.8 Å². The highest BCUT2D eigenvalue weighted by atomic mass is 16.5. The van der Waals surface area contributed by atoms with E-state index >= 15 is 0 Å². The molecule has 1 aliphatic carbocycles. The molecule has 1 rings (SSSR count). The van der Waals surface area contributed by atoms with Gasteiger partial charge in [0.25, 0.3) is 0 Å². The average Bonchev–Trinajstić information content (AvgIpc) is 2.38. The van der Waals surface area contributed by atoms with E-state index in [2.05, 4.69) is 5.32 Å². The molecule has 17 heavy (non-hydrogen) atoms. The van der Waals surface area contributed by atoms with Crippen molar-refractivity contribution in [2.75, 3.05) is 40.5 Å². The summed E-state index contributed by atoms with van der Waals surface area (Å²) in [6.45, 7) is 3.40.